The minimum atomic E-state index is -1.50. The maximum Gasteiger partial charge on any atom is 0.127 e. The fraction of sp³-hybridized carbons (Fsp3) is 0.591. The van der Waals surface area contributed by atoms with Crippen molar-refractivity contribution in [1.82, 2.24) is 0 Å². The standard InChI is InChI=1S/C22H34OSi2.2C20H30OSi2.C10H26OSi2.2C8H22OSi2/c1-24(2,3)17-21-11-7-19(8-12-21)15-23-16-20-9-13-22(14-10-20)18-25(4,5)6;1-22(2,3)15-17-7-11-19(12-8-17)21-20-13-9-18(10-14-20)16-23(4,5)6;1-22(2,3)19(17-13-9-7-10-14-17)21-20(23(4,5)6)18-15-11-8-12-16-18;1-9(12(3,4)5)11-10(2)13(6,7)8;2*1-10(2,3)7-9-8-11(4,5)6/h7-14H,15-18H2,1-6H3;7-14H,15-16H2,1-6H3;7-16,19-20H,1-6H3;9-10H,1-8H3;2*7-8H2,1-6H3. The van der Waals surface area contributed by atoms with Gasteiger partial charge in [0.2, 0.25) is 0 Å². The molecule has 6 rings (SSSR count). The Labute approximate surface area is 668 Å². The van der Waals surface area contributed by atoms with E-state index in [1.54, 1.807) is 0 Å². The first kappa shape index (κ1) is 102. The molecular weight excluding hydrogens is 1490 g/mol. The maximum atomic E-state index is 6.88. The third-order valence-corrected chi connectivity index (χ3v) is 36.0. The van der Waals surface area contributed by atoms with E-state index in [2.05, 4.69) is 407 Å². The van der Waals surface area contributed by atoms with Gasteiger partial charge in [0.25, 0.3) is 0 Å². The summed E-state index contributed by atoms with van der Waals surface area (Å²) in [6.07, 6.45) is 4.10. The molecule has 0 heterocycles. The van der Waals surface area contributed by atoms with Crippen LogP contribution in [0.5, 0.6) is 11.5 Å². The van der Waals surface area contributed by atoms with E-state index in [1.165, 1.54) is 68.7 Å². The van der Waals surface area contributed by atoms with Crippen LogP contribution in [0.3, 0.4) is 0 Å². The van der Waals surface area contributed by atoms with Crippen molar-refractivity contribution in [2.24, 2.45) is 0 Å². The summed E-state index contributed by atoms with van der Waals surface area (Å²) < 4.78 is 36.2. The summed E-state index contributed by atoms with van der Waals surface area (Å²) in [5.41, 5.74) is 12.3. The van der Waals surface area contributed by atoms with E-state index in [0.29, 0.717) is 24.7 Å². The molecule has 0 aliphatic carbocycles. The van der Waals surface area contributed by atoms with Gasteiger partial charge in [0.1, 0.15) is 11.5 Å². The molecule has 0 N–H and O–H groups in total. The molecule has 0 aliphatic heterocycles. The summed E-state index contributed by atoms with van der Waals surface area (Å²) in [6, 6.07) is 61.5. The lowest BCUT2D eigenvalue weighted by atomic mass is 10.1. The first-order chi connectivity index (χ1) is 47.9. The highest BCUT2D eigenvalue weighted by molar-refractivity contribution is 6.81. The zero-order valence-corrected chi connectivity index (χ0v) is 87.8. The average Bonchev–Trinajstić information content (AvgIpc) is 0.804. The van der Waals surface area contributed by atoms with Crippen molar-refractivity contribution >= 4 is 96.9 Å². The first-order valence-electron chi connectivity index (χ1n) is 40.0. The molecule has 18 heteroatoms. The van der Waals surface area contributed by atoms with E-state index in [-0.39, 0.29) is 11.5 Å². The van der Waals surface area contributed by atoms with Crippen LogP contribution in [0.4, 0.5) is 0 Å². The van der Waals surface area contributed by atoms with Crippen LogP contribution in [0, 0.1) is 0 Å². The number of benzene rings is 6. The van der Waals surface area contributed by atoms with Crippen LogP contribution in [0.25, 0.3) is 0 Å². The highest BCUT2D eigenvalue weighted by Gasteiger charge is 2.38. The molecule has 0 bridgehead atoms. The van der Waals surface area contributed by atoms with Gasteiger partial charge in [-0.25, -0.2) is 0 Å². The van der Waals surface area contributed by atoms with E-state index in [1.807, 2.05) is 0 Å². The van der Waals surface area contributed by atoms with Gasteiger partial charge in [0.05, 0.1) is 89.3 Å². The summed E-state index contributed by atoms with van der Waals surface area (Å²) in [6.45, 7) is 91.5. The lowest BCUT2D eigenvalue weighted by Gasteiger charge is -2.38. The van der Waals surface area contributed by atoms with E-state index in [9.17, 15) is 0 Å². The third kappa shape index (κ3) is 52.7. The van der Waals surface area contributed by atoms with Crippen LogP contribution in [0.2, 0.25) is 236 Å². The van der Waals surface area contributed by atoms with Crippen molar-refractivity contribution in [1.29, 1.82) is 0 Å². The molecule has 6 nitrogen and oxygen atoms in total. The van der Waals surface area contributed by atoms with Crippen LogP contribution in [-0.2, 0) is 61.1 Å². The van der Waals surface area contributed by atoms with E-state index in [4.69, 9.17) is 28.4 Å². The van der Waals surface area contributed by atoms with Gasteiger partial charge in [-0.05, 0) is 84.5 Å². The smallest absolute Gasteiger partial charge is 0.127 e. The van der Waals surface area contributed by atoms with Gasteiger partial charge in [-0.15, -0.1) is 0 Å². The first-order valence-corrected chi connectivity index (χ1v) is 84.0. The highest BCUT2D eigenvalue weighted by Crippen LogP contribution is 2.38. The van der Waals surface area contributed by atoms with Crippen molar-refractivity contribution in [3.63, 3.8) is 0 Å². The Morgan fingerprint density at radius 1 is 0.226 bits per heavy atom. The number of rotatable bonds is 32. The van der Waals surface area contributed by atoms with Gasteiger partial charge in [-0.1, -0.05) is 391 Å². The molecule has 600 valence electrons. The Kier molecular flexibility index (Phi) is 42.9. The van der Waals surface area contributed by atoms with Gasteiger partial charge >= 0.3 is 0 Å². The van der Waals surface area contributed by atoms with Crippen molar-refractivity contribution < 1.29 is 28.4 Å². The molecule has 4 atom stereocenters. The number of hydrogen-bond acceptors (Lipinski definition) is 6. The molecule has 4 unspecified atom stereocenters. The Morgan fingerprint density at radius 3 is 0.642 bits per heavy atom. The third-order valence-electron chi connectivity index (χ3n) is 16.6. The predicted molar refractivity (Wildman–Crippen MR) is 510 cm³/mol. The second kappa shape index (κ2) is 44.8. The molecule has 0 saturated carbocycles. The summed E-state index contributed by atoms with van der Waals surface area (Å²) in [5.74, 6) is 1.84. The number of ether oxygens (including phenoxy) is 6. The summed E-state index contributed by atoms with van der Waals surface area (Å²) in [5, 5.41) is 0. The number of hydrogen-bond donors (Lipinski definition) is 0. The largest absolute Gasteiger partial charge is 0.457 e. The fourth-order valence-corrected chi connectivity index (χ4v) is 24.8. The second-order valence-electron chi connectivity index (χ2n) is 44.3. The molecule has 0 spiro atoms. The Balaban J connectivity index is 0.000000657. The minimum Gasteiger partial charge on any atom is -0.457 e. The Bertz CT molecular complexity index is 3040. The van der Waals surface area contributed by atoms with Gasteiger partial charge in [-0.3, -0.25) is 0 Å². The van der Waals surface area contributed by atoms with Crippen LogP contribution in [0.1, 0.15) is 69.8 Å². The molecule has 6 aromatic carbocycles. The molecule has 0 aromatic heterocycles. The molecule has 0 aliphatic rings. The van der Waals surface area contributed by atoms with Crippen LogP contribution in [0.15, 0.2) is 158 Å². The quantitative estimate of drug-likeness (QED) is 0.0392. The SMILES string of the molecule is CC(OC(C)[Si](C)(C)C)[Si](C)(C)C.C[Si](C)(C)C(OC(c1ccccc1)[Si](C)(C)C)c1ccccc1.C[Si](C)(C)COC[Si](C)(C)C.C[Si](C)(C)COC[Si](C)(C)C.C[Si](C)(C)Cc1ccc(COCc2ccc(C[Si](C)(C)C)cc2)cc1.C[Si](C)(C)Cc1ccc(Oc2ccc(C[Si](C)(C)C)cc2)cc1. The van der Waals surface area contributed by atoms with Gasteiger partial charge in [-0.2, -0.15) is 0 Å². The van der Waals surface area contributed by atoms with E-state index < -0.39 is 96.9 Å². The van der Waals surface area contributed by atoms with Crippen molar-refractivity contribution in [3.8, 4) is 11.5 Å². The minimum absolute atomic E-state index is 0.223. The fourth-order valence-electron chi connectivity index (χ4n) is 10.7. The van der Waals surface area contributed by atoms with Gasteiger partial charge in [0, 0.05) is 68.7 Å². The second-order valence-corrected chi connectivity index (χ2v) is 109. The van der Waals surface area contributed by atoms with Crippen molar-refractivity contribution in [3.05, 3.63) is 202 Å². The molecule has 0 radical (unpaired) electrons. The van der Waals surface area contributed by atoms with Gasteiger partial charge < -0.3 is 28.4 Å². The lowest BCUT2D eigenvalue weighted by Crippen LogP contribution is -2.46. The van der Waals surface area contributed by atoms with E-state index in [0.717, 1.165) is 36.4 Å². The topological polar surface area (TPSA) is 55.4 Å². The van der Waals surface area contributed by atoms with Crippen LogP contribution >= 0.6 is 0 Å². The van der Waals surface area contributed by atoms with E-state index >= 15 is 0 Å². The van der Waals surface area contributed by atoms with Crippen LogP contribution in [-0.4, -0.2) is 133 Å². The molecular formula is C88H164O6Si12. The molecule has 0 amide bonds. The maximum absolute atomic E-state index is 6.88. The predicted octanol–water partition coefficient (Wildman–Crippen LogP) is 27.9. The summed E-state index contributed by atoms with van der Waals surface area (Å²) in [4.78, 5) is 0. The van der Waals surface area contributed by atoms with Crippen molar-refractivity contribution in [2.75, 3.05) is 24.9 Å². The highest BCUT2D eigenvalue weighted by atomic mass is 28.3. The molecule has 6 aromatic rings. The lowest BCUT2D eigenvalue weighted by molar-refractivity contribution is 0.0669. The normalized spacial score (nSPS) is 14.0. The zero-order chi connectivity index (χ0) is 81.8. The summed E-state index contributed by atoms with van der Waals surface area (Å²) >= 11 is 0. The van der Waals surface area contributed by atoms with Crippen molar-refractivity contribution in [2.45, 2.75) is 310 Å². The Hall–Kier alpha value is -2.48. The Morgan fingerprint density at radius 2 is 0.443 bits per heavy atom. The zero-order valence-electron chi connectivity index (χ0n) is 75.8. The van der Waals surface area contributed by atoms with Crippen LogP contribution < -0.4 is 4.74 Å². The molecule has 0 saturated heterocycles. The molecule has 0 fully saturated rings. The average molecular weight is 1660 g/mol. The monoisotopic (exact) mass is 1650 g/mol. The van der Waals surface area contributed by atoms with Gasteiger partial charge in [0.15, 0.2) is 0 Å². The summed E-state index contributed by atoms with van der Waals surface area (Å²) in [7, 11) is -13.2. The molecule has 106 heavy (non-hydrogen) atoms.